The zero-order valence-corrected chi connectivity index (χ0v) is 16.7. The van der Waals surface area contributed by atoms with Gasteiger partial charge < -0.3 is 14.8 Å². The van der Waals surface area contributed by atoms with E-state index in [9.17, 15) is 14.4 Å². The summed E-state index contributed by atoms with van der Waals surface area (Å²) in [5.41, 5.74) is 2.26. The Balaban J connectivity index is 1.55. The number of nitrogens with zero attached hydrogens (tertiary/aromatic N) is 1. The molecule has 0 unspecified atom stereocenters. The zero-order valence-electron chi connectivity index (χ0n) is 16.7. The summed E-state index contributed by atoms with van der Waals surface area (Å²) in [6.45, 7) is 2.00. The molecule has 9 heteroatoms. The maximum Gasteiger partial charge on any atom is 0.488 e. The van der Waals surface area contributed by atoms with Crippen LogP contribution in [0.25, 0.3) is 10.8 Å². The van der Waals surface area contributed by atoms with Gasteiger partial charge in [0.2, 0.25) is 0 Å². The number of hydrogen-bond acceptors (Lipinski definition) is 6. The smallest absolute Gasteiger partial charge is 0.444 e. The molecule has 156 valence electrons. The molecule has 3 aromatic carbocycles. The molecule has 31 heavy (non-hydrogen) atoms. The number of nitrogens with one attached hydrogen (secondary N) is 1. The second-order valence-corrected chi connectivity index (χ2v) is 7.06. The van der Waals surface area contributed by atoms with E-state index in [4.69, 9.17) is 14.8 Å². The normalized spacial score (nSPS) is 12.8. The molecule has 0 bridgehead atoms. The molecule has 1 aliphatic heterocycles. The molecular formula is C22H19BN2O6. The fraction of sp³-hybridized carbons (Fsp3) is 0.136. The van der Waals surface area contributed by atoms with Crippen LogP contribution in [0.1, 0.15) is 33.2 Å². The molecule has 3 N–H and O–H groups in total. The number of hydrogen-bond donors (Lipinski definition) is 3. The molecule has 0 saturated heterocycles. The standard InChI is InChI=1S/C22H19BN2O6/c1-2-25-20(26)16-5-3-4-15-18(11-10-17(19(15)16)21(25)27)24-22(28)31-12-13-6-8-14(9-7-13)23(29)30/h3-11,29-30H,2,12H2,1H3,(H,24,28). The van der Waals surface area contributed by atoms with E-state index >= 15 is 0 Å². The Labute approximate surface area is 178 Å². The molecule has 1 aliphatic rings. The van der Waals surface area contributed by atoms with Crippen molar-refractivity contribution >= 4 is 46.9 Å². The van der Waals surface area contributed by atoms with E-state index in [-0.39, 0.29) is 25.0 Å². The molecular weight excluding hydrogens is 399 g/mol. The molecule has 1 heterocycles. The fourth-order valence-electron chi connectivity index (χ4n) is 3.62. The lowest BCUT2D eigenvalue weighted by Crippen LogP contribution is -2.40. The molecule has 4 rings (SSSR count). The van der Waals surface area contributed by atoms with Crippen molar-refractivity contribution in [1.82, 2.24) is 4.90 Å². The second-order valence-electron chi connectivity index (χ2n) is 7.06. The van der Waals surface area contributed by atoms with Gasteiger partial charge in [-0.1, -0.05) is 36.4 Å². The van der Waals surface area contributed by atoms with Crippen LogP contribution in [0.2, 0.25) is 0 Å². The highest BCUT2D eigenvalue weighted by Crippen LogP contribution is 2.34. The average Bonchev–Trinajstić information content (AvgIpc) is 2.77. The first-order valence-electron chi connectivity index (χ1n) is 9.71. The zero-order chi connectivity index (χ0) is 22.1. The van der Waals surface area contributed by atoms with E-state index in [1.165, 1.54) is 17.0 Å². The van der Waals surface area contributed by atoms with Crippen molar-refractivity contribution in [2.45, 2.75) is 13.5 Å². The predicted octanol–water partition coefficient (Wildman–Crippen LogP) is 1.88. The number of anilines is 1. The highest BCUT2D eigenvalue weighted by atomic mass is 16.5. The number of rotatable bonds is 5. The van der Waals surface area contributed by atoms with Gasteiger partial charge in [-0.2, -0.15) is 0 Å². The van der Waals surface area contributed by atoms with Crippen LogP contribution >= 0.6 is 0 Å². The van der Waals surface area contributed by atoms with Gasteiger partial charge in [-0.25, -0.2) is 4.79 Å². The monoisotopic (exact) mass is 418 g/mol. The van der Waals surface area contributed by atoms with Crippen LogP contribution in [-0.2, 0) is 11.3 Å². The van der Waals surface area contributed by atoms with Gasteiger partial charge in [0.25, 0.3) is 11.8 Å². The molecule has 8 nitrogen and oxygen atoms in total. The van der Waals surface area contributed by atoms with E-state index in [1.807, 2.05) is 0 Å². The third kappa shape index (κ3) is 3.76. The Morgan fingerprint density at radius 3 is 2.32 bits per heavy atom. The minimum atomic E-state index is -1.56. The largest absolute Gasteiger partial charge is 0.488 e. The lowest BCUT2D eigenvalue weighted by Gasteiger charge is -2.26. The Bertz CT molecular complexity index is 1170. The Hall–Kier alpha value is -3.69. The minimum absolute atomic E-state index is 0.0165. The van der Waals surface area contributed by atoms with Gasteiger partial charge in [0, 0.05) is 28.4 Å². The van der Waals surface area contributed by atoms with Gasteiger partial charge in [-0.3, -0.25) is 19.8 Å². The number of ether oxygens (including phenoxy) is 1. The van der Waals surface area contributed by atoms with Crippen LogP contribution in [0.3, 0.4) is 0 Å². The Morgan fingerprint density at radius 2 is 1.68 bits per heavy atom. The summed E-state index contributed by atoms with van der Waals surface area (Å²) in [7, 11) is -1.56. The van der Waals surface area contributed by atoms with Crippen molar-refractivity contribution in [2.75, 3.05) is 11.9 Å². The average molecular weight is 418 g/mol. The van der Waals surface area contributed by atoms with Crippen molar-refractivity contribution in [3.8, 4) is 0 Å². The van der Waals surface area contributed by atoms with Gasteiger partial charge in [0.05, 0.1) is 5.69 Å². The summed E-state index contributed by atoms with van der Waals surface area (Å²) in [5, 5.41) is 22.0. The molecule has 0 spiro atoms. The summed E-state index contributed by atoms with van der Waals surface area (Å²) in [5.74, 6) is -0.719. The Kier molecular flexibility index (Phi) is 5.45. The summed E-state index contributed by atoms with van der Waals surface area (Å²) in [6.07, 6.45) is -0.699. The summed E-state index contributed by atoms with van der Waals surface area (Å²) < 4.78 is 5.24. The fourth-order valence-corrected chi connectivity index (χ4v) is 3.62. The van der Waals surface area contributed by atoms with Crippen molar-refractivity contribution in [2.24, 2.45) is 0 Å². The summed E-state index contributed by atoms with van der Waals surface area (Å²) in [6, 6.07) is 14.6. The summed E-state index contributed by atoms with van der Waals surface area (Å²) in [4.78, 5) is 38.9. The van der Waals surface area contributed by atoms with Gasteiger partial charge in [0.1, 0.15) is 6.61 Å². The van der Waals surface area contributed by atoms with Crippen molar-refractivity contribution < 1.29 is 29.2 Å². The number of benzene rings is 3. The highest BCUT2D eigenvalue weighted by molar-refractivity contribution is 6.58. The molecule has 0 aromatic heterocycles. The van der Waals surface area contributed by atoms with Gasteiger partial charge in [-0.15, -0.1) is 0 Å². The summed E-state index contributed by atoms with van der Waals surface area (Å²) >= 11 is 0. The molecule has 3 amide bonds. The van der Waals surface area contributed by atoms with E-state index in [0.29, 0.717) is 38.6 Å². The molecule has 0 fully saturated rings. The van der Waals surface area contributed by atoms with Gasteiger partial charge in [-0.05, 0) is 36.1 Å². The molecule has 0 radical (unpaired) electrons. The third-order valence-electron chi connectivity index (χ3n) is 5.19. The lowest BCUT2D eigenvalue weighted by atomic mass is 9.80. The van der Waals surface area contributed by atoms with Crippen LogP contribution in [0.5, 0.6) is 0 Å². The van der Waals surface area contributed by atoms with E-state index in [2.05, 4.69) is 5.32 Å². The van der Waals surface area contributed by atoms with Gasteiger partial charge in [0.15, 0.2) is 0 Å². The molecule has 3 aromatic rings. The van der Waals surface area contributed by atoms with Crippen LogP contribution in [0, 0.1) is 0 Å². The van der Waals surface area contributed by atoms with Crippen molar-refractivity contribution in [3.05, 3.63) is 71.3 Å². The van der Waals surface area contributed by atoms with Gasteiger partial charge >= 0.3 is 13.2 Å². The first kappa shape index (κ1) is 20.6. The first-order chi connectivity index (χ1) is 14.9. The van der Waals surface area contributed by atoms with Crippen LogP contribution in [0.4, 0.5) is 10.5 Å². The number of carbonyl (C=O) groups excluding carboxylic acids is 3. The van der Waals surface area contributed by atoms with E-state index < -0.39 is 13.2 Å². The minimum Gasteiger partial charge on any atom is -0.444 e. The third-order valence-corrected chi connectivity index (χ3v) is 5.19. The molecule has 0 aliphatic carbocycles. The van der Waals surface area contributed by atoms with Crippen molar-refractivity contribution in [3.63, 3.8) is 0 Å². The molecule has 0 atom stereocenters. The molecule has 0 saturated carbocycles. The quantitative estimate of drug-likeness (QED) is 0.431. The topological polar surface area (TPSA) is 116 Å². The van der Waals surface area contributed by atoms with E-state index in [0.717, 1.165) is 0 Å². The highest BCUT2D eigenvalue weighted by Gasteiger charge is 2.32. The van der Waals surface area contributed by atoms with Crippen molar-refractivity contribution in [1.29, 1.82) is 0 Å². The van der Waals surface area contributed by atoms with E-state index in [1.54, 1.807) is 49.4 Å². The first-order valence-corrected chi connectivity index (χ1v) is 9.71. The van der Waals surface area contributed by atoms with Crippen LogP contribution < -0.4 is 10.8 Å². The van der Waals surface area contributed by atoms with Crippen LogP contribution in [-0.4, -0.2) is 46.5 Å². The maximum atomic E-state index is 12.7. The number of amides is 3. The second kappa shape index (κ2) is 8.21. The number of imide groups is 1. The lowest BCUT2D eigenvalue weighted by molar-refractivity contribution is 0.0619. The SMILES string of the molecule is CCN1C(=O)c2cccc3c(NC(=O)OCc4ccc(B(O)O)cc4)ccc(c23)C1=O. The van der Waals surface area contributed by atoms with Crippen LogP contribution in [0.15, 0.2) is 54.6 Å². The predicted molar refractivity (Wildman–Crippen MR) is 115 cm³/mol. The number of carbonyl (C=O) groups is 3. The Morgan fingerprint density at radius 1 is 1.00 bits per heavy atom. The maximum absolute atomic E-state index is 12.7.